The Kier molecular flexibility index (Phi) is 4.19. The number of hydrogen-bond donors (Lipinski definition) is 1. The van der Waals surface area contributed by atoms with Crippen molar-refractivity contribution in [1.29, 1.82) is 0 Å². The molecule has 0 bridgehead atoms. The molecule has 0 aliphatic heterocycles. The maximum Gasteiger partial charge on any atom is 0.255 e. The smallest absolute Gasteiger partial charge is 0.255 e. The molecule has 1 aromatic rings. The molecule has 2 rings (SSSR count). The maximum absolute atomic E-state index is 12.4. The van der Waals surface area contributed by atoms with Gasteiger partial charge in [0, 0.05) is 19.1 Å². The number of alkyl halides is 1. The lowest BCUT2D eigenvalue weighted by Gasteiger charge is -2.38. The topological polar surface area (TPSA) is 46.9 Å². The SMILES string of the molecule is Cc1nn(C)cc1C(=O)NC1(CCl)CCC(C)CC1. The lowest BCUT2D eigenvalue weighted by atomic mass is 9.78. The second kappa shape index (κ2) is 5.53. The van der Waals surface area contributed by atoms with Crippen molar-refractivity contribution < 1.29 is 4.79 Å². The molecule has 1 N–H and O–H groups in total. The number of amides is 1. The van der Waals surface area contributed by atoms with Gasteiger partial charge in [0.15, 0.2) is 0 Å². The van der Waals surface area contributed by atoms with E-state index in [1.165, 1.54) is 0 Å². The largest absolute Gasteiger partial charge is 0.345 e. The molecule has 1 aliphatic rings. The van der Waals surface area contributed by atoms with Crippen LogP contribution < -0.4 is 5.32 Å². The van der Waals surface area contributed by atoms with E-state index in [9.17, 15) is 4.79 Å². The van der Waals surface area contributed by atoms with Crippen LogP contribution in [0.5, 0.6) is 0 Å². The van der Waals surface area contributed by atoms with Crippen molar-refractivity contribution in [2.45, 2.75) is 45.1 Å². The molecule has 19 heavy (non-hydrogen) atoms. The molecule has 0 atom stereocenters. The van der Waals surface area contributed by atoms with E-state index in [-0.39, 0.29) is 11.4 Å². The third kappa shape index (κ3) is 3.11. The predicted molar refractivity (Wildman–Crippen MR) is 76.5 cm³/mol. The Hall–Kier alpha value is -1.03. The van der Waals surface area contributed by atoms with Gasteiger partial charge < -0.3 is 5.32 Å². The van der Waals surface area contributed by atoms with Gasteiger partial charge in [0.2, 0.25) is 0 Å². The molecular weight excluding hydrogens is 262 g/mol. The van der Waals surface area contributed by atoms with Gasteiger partial charge in [0.05, 0.1) is 16.8 Å². The first-order chi connectivity index (χ1) is 8.96. The van der Waals surface area contributed by atoms with E-state index in [4.69, 9.17) is 11.6 Å². The van der Waals surface area contributed by atoms with Gasteiger partial charge in [-0.05, 0) is 38.5 Å². The van der Waals surface area contributed by atoms with E-state index in [0.29, 0.717) is 11.4 Å². The standard InChI is InChI=1S/C14H22ClN3O/c1-10-4-6-14(9-15,7-5-10)16-13(19)12-8-18(3)17-11(12)2/h8,10H,4-7,9H2,1-3H3,(H,16,19). The number of aryl methyl sites for hydroxylation is 2. The Balaban J connectivity index is 2.10. The number of nitrogens with one attached hydrogen (secondary N) is 1. The average molecular weight is 284 g/mol. The molecule has 1 amide bonds. The summed E-state index contributed by atoms with van der Waals surface area (Å²) in [5.74, 6) is 1.15. The van der Waals surface area contributed by atoms with Crippen LogP contribution in [0.1, 0.15) is 48.7 Å². The Morgan fingerprint density at radius 2 is 2.21 bits per heavy atom. The number of halogens is 1. The summed E-state index contributed by atoms with van der Waals surface area (Å²) in [6, 6.07) is 0. The van der Waals surface area contributed by atoms with Gasteiger partial charge >= 0.3 is 0 Å². The molecule has 106 valence electrons. The quantitative estimate of drug-likeness (QED) is 0.867. The van der Waals surface area contributed by atoms with E-state index < -0.39 is 0 Å². The van der Waals surface area contributed by atoms with E-state index in [1.54, 1.807) is 10.9 Å². The first-order valence-electron chi connectivity index (χ1n) is 6.84. The van der Waals surface area contributed by atoms with Crippen LogP contribution in [0.4, 0.5) is 0 Å². The van der Waals surface area contributed by atoms with Gasteiger partial charge in [-0.25, -0.2) is 0 Å². The van der Waals surface area contributed by atoms with Crippen molar-refractivity contribution in [3.63, 3.8) is 0 Å². The Labute approximate surface area is 119 Å². The second-order valence-electron chi connectivity index (χ2n) is 5.85. The Morgan fingerprint density at radius 1 is 1.58 bits per heavy atom. The first kappa shape index (κ1) is 14.4. The third-order valence-corrected chi connectivity index (χ3v) is 4.64. The Morgan fingerprint density at radius 3 is 2.68 bits per heavy atom. The fourth-order valence-electron chi connectivity index (χ4n) is 2.74. The van der Waals surface area contributed by atoms with Gasteiger partial charge in [-0.3, -0.25) is 9.48 Å². The molecule has 1 saturated carbocycles. The number of nitrogens with zero attached hydrogens (tertiary/aromatic N) is 2. The monoisotopic (exact) mass is 283 g/mol. The van der Waals surface area contributed by atoms with Crippen molar-refractivity contribution in [1.82, 2.24) is 15.1 Å². The van der Waals surface area contributed by atoms with Crippen LogP contribution in [0.25, 0.3) is 0 Å². The summed E-state index contributed by atoms with van der Waals surface area (Å²) in [6.45, 7) is 4.11. The summed E-state index contributed by atoms with van der Waals surface area (Å²) in [4.78, 5) is 12.4. The summed E-state index contributed by atoms with van der Waals surface area (Å²) in [7, 11) is 1.82. The normalized spacial score (nSPS) is 27.3. The minimum atomic E-state index is -0.243. The van der Waals surface area contributed by atoms with Crippen LogP contribution in [-0.4, -0.2) is 27.1 Å². The molecule has 4 nitrogen and oxygen atoms in total. The van der Waals surface area contributed by atoms with Gasteiger partial charge in [-0.1, -0.05) is 6.92 Å². The highest BCUT2D eigenvalue weighted by Crippen LogP contribution is 2.33. The van der Waals surface area contributed by atoms with E-state index in [2.05, 4.69) is 17.3 Å². The van der Waals surface area contributed by atoms with Gasteiger partial charge in [-0.15, -0.1) is 11.6 Å². The molecule has 0 saturated heterocycles. The summed E-state index contributed by atoms with van der Waals surface area (Å²) in [6.07, 6.45) is 5.93. The molecule has 0 spiro atoms. The summed E-state index contributed by atoms with van der Waals surface area (Å²) in [5, 5.41) is 7.36. The molecule has 5 heteroatoms. The molecule has 1 heterocycles. The highest BCUT2D eigenvalue weighted by molar-refractivity contribution is 6.19. The fourth-order valence-corrected chi connectivity index (χ4v) is 3.07. The van der Waals surface area contributed by atoms with E-state index in [1.807, 2.05) is 14.0 Å². The van der Waals surface area contributed by atoms with Gasteiger partial charge in [-0.2, -0.15) is 5.10 Å². The highest BCUT2D eigenvalue weighted by atomic mass is 35.5. The zero-order valence-corrected chi connectivity index (χ0v) is 12.6. The number of carbonyl (C=O) groups excluding carboxylic acids is 1. The number of rotatable bonds is 3. The van der Waals surface area contributed by atoms with E-state index in [0.717, 1.165) is 37.3 Å². The molecule has 0 aromatic carbocycles. The van der Waals surface area contributed by atoms with Gasteiger partial charge in [0.1, 0.15) is 0 Å². The lowest BCUT2D eigenvalue weighted by Crippen LogP contribution is -2.52. The van der Waals surface area contributed by atoms with Crippen LogP contribution in [0.2, 0.25) is 0 Å². The molecule has 0 radical (unpaired) electrons. The molecule has 1 aromatic heterocycles. The van der Waals surface area contributed by atoms with Crippen molar-refractivity contribution in [3.05, 3.63) is 17.5 Å². The van der Waals surface area contributed by atoms with Crippen LogP contribution >= 0.6 is 11.6 Å². The first-order valence-corrected chi connectivity index (χ1v) is 7.38. The molecular formula is C14H22ClN3O. The maximum atomic E-state index is 12.4. The average Bonchev–Trinajstić information content (AvgIpc) is 2.72. The van der Waals surface area contributed by atoms with Crippen molar-refractivity contribution in [2.75, 3.05) is 5.88 Å². The number of hydrogen-bond acceptors (Lipinski definition) is 2. The summed E-state index contributed by atoms with van der Waals surface area (Å²) in [5.41, 5.74) is 1.16. The minimum absolute atomic E-state index is 0.0548. The van der Waals surface area contributed by atoms with Crippen molar-refractivity contribution in [2.24, 2.45) is 13.0 Å². The number of aromatic nitrogens is 2. The molecule has 1 aliphatic carbocycles. The predicted octanol–water partition coefficient (Wildman–Crippen LogP) is 2.65. The molecule has 0 unspecified atom stereocenters. The van der Waals surface area contributed by atoms with E-state index >= 15 is 0 Å². The van der Waals surface area contributed by atoms with Crippen molar-refractivity contribution >= 4 is 17.5 Å². The van der Waals surface area contributed by atoms with Crippen LogP contribution in [0.3, 0.4) is 0 Å². The number of carbonyl (C=O) groups is 1. The van der Waals surface area contributed by atoms with Crippen molar-refractivity contribution in [3.8, 4) is 0 Å². The summed E-state index contributed by atoms with van der Waals surface area (Å²) < 4.78 is 1.67. The van der Waals surface area contributed by atoms with Crippen LogP contribution in [0, 0.1) is 12.8 Å². The van der Waals surface area contributed by atoms with Crippen LogP contribution in [0.15, 0.2) is 6.20 Å². The fraction of sp³-hybridized carbons (Fsp3) is 0.714. The summed E-state index contributed by atoms with van der Waals surface area (Å²) >= 11 is 6.13. The zero-order chi connectivity index (χ0) is 14.0. The zero-order valence-electron chi connectivity index (χ0n) is 11.9. The Bertz CT molecular complexity index is 461. The lowest BCUT2D eigenvalue weighted by molar-refractivity contribution is 0.0871. The van der Waals surface area contributed by atoms with Gasteiger partial charge in [0.25, 0.3) is 5.91 Å². The second-order valence-corrected chi connectivity index (χ2v) is 6.12. The molecule has 1 fully saturated rings. The highest BCUT2D eigenvalue weighted by Gasteiger charge is 2.35. The minimum Gasteiger partial charge on any atom is -0.345 e. The van der Waals surface area contributed by atoms with Crippen LogP contribution in [-0.2, 0) is 7.05 Å². The third-order valence-electron chi connectivity index (χ3n) is 4.12.